The largest absolute Gasteiger partial charge is 0.466 e. The Morgan fingerprint density at radius 1 is 1.41 bits per heavy atom. The van der Waals surface area contributed by atoms with Crippen LogP contribution in [0.2, 0.25) is 0 Å². The van der Waals surface area contributed by atoms with Crippen molar-refractivity contribution >= 4 is 11.8 Å². The topological polar surface area (TPSA) is 25.2 Å². The van der Waals surface area contributed by atoms with Gasteiger partial charge in [-0.2, -0.15) is 11.8 Å². The third-order valence-corrected chi connectivity index (χ3v) is 4.84. The number of nitrogens with one attached hydrogen (secondary N) is 1. The smallest absolute Gasteiger partial charge is 0.105 e. The molecule has 1 aromatic heterocycles. The molecular weight excluding hydrogens is 230 g/mol. The van der Waals surface area contributed by atoms with E-state index in [1.807, 2.05) is 18.7 Å². The molecule has 1 heterocycles. The van der Waals surface area contributed by atoms with E-state index < -0.39 is 0 Å². The number of aryl methyl sites for hydroxylation is 2. The van der Waals surface area contributed by atoms with Crippen molar-refractivity contribution in [2.24, 2.45) is 0 Å². The van der Waals surface area contributed by atoms with E-state index >= 15 is 0 Å². The molecule has 2 nitrogen and oxygen atoms in total. The Hall–Kier alpha value is -0.410. The molecule has 3 atom stereocenters. The van der Waals surface area contributed by atoms with Crippen LogP contribution in [0.4, 0.5) is 0 Å². The second-order valence-electron chi connectivity index (χ2n) is 5.12. The molecule has 0 aromatic carbocycles. The van der Waals surface area contributed by atoms with Crippen molar-refractivity contribution < 1.29 is 4.42 Å². The Bertz CT molecular complexity index is 374. The third-order valence-electron chi connectivity index (χ3n) is 3.75. The van der Waals surface area contributed by atoms with E-state index in [-0.39, 0.29) is 0 Å². The van der Waals surface area contributed by atoms with Crippen molar-refractivity contribution in [1.29, 1.82) is 0 Å². The van der Waals surface area contributed by atoms with Crippen molar-refractivity contribution in [3.63, 3.8) is 0 Å². The average Bonchev–Trinajstić information content (AvgIpc) is 2.85. The summed E-state index contributed by atoms with van der Waals surface area (Å²) in [5, 5.41) is 4.59. The predicted molar refractivity (Wildman–Crippen MR) is 74.7 cm³/mol. The molecule has 1 aliphatic rings. The van der Waals surface area contributed by atoms with Gasteiger partial charge in [0.1, 0.15) is 11.5 Å². The zero-order valence-electron chi connectivity index (χ0n) is 11.2. The lowest BCUT2D eigenvalue weighted by atomic mass is 10.1. The molecule has 2 rings (SSSR count). The molecule has 0 radical (unpaired) electrons. The molecule has 0 amide bonds. The van der Waals surface area contributed by atoms with Crippen LogP contribution in [0.1, 0.15) is 49.3 Å². The number of furan rings is 1. The summed E-state index contributed by atoms with van der Waals surface area (Å²) in [6, 6.07) is 3.24. The van der Waals surface area contributed by atoms with Crippen LogP contribution in [0.5, 0.6) is 0 Å². The average molecular weight is 253 g/mol. The molecule has 0 bridgehead atoms. The first-order valence-electron chi connectivity index (χ1n) is 6.46. The summed E-state index contributed by atoms with van der Waals surface area (Å²) in [6.45, 7) is 6.31. The van der Waals surface area contributed by atoms with Gasteiger partial charge in [-0.3, -0.25) is 0 Å². The van der Waals surface area contributed by atoms with E-state index in [0.717, 1.165) is 16.8 Å². The molecule has 3 heteroatoms. The van der Waals surface area contributed by atoms with Crippen LogP contribution in [-0.4, -0.2) is 17.5 Å². The molecule has 96 valence electrons. The van der Waals surface area contributed by atoms with Gasteiger partial charge in [0.25, 0.3) is 0 Å². The van der Waals surface area contributed by atoms with Crippen LogP contribution in [-0.2, 0) is 0 Å². The number of hydrogen-bond acceptors (Lipinski definition) is 3. The summed E-state index contributed by atoms with van der Waals surface area (Å²) in [6.07, 6.45) is 6.20. The quantitative estimate of drug-likeness (QED) is 0.883. The van der Waals surface area contributed by atoms with E-state index in [0.29, 0.717) is 12.1 Å². The van der Waals surface area contributed by atoms with Gasteiger partial charge < -0.3 is 9.73 Å². The fraction of sp³-hybridized carbons (Fsp3) is 0.714. The predicted octanol–water partition coefficient (Wildman–Crippen LogP) is 3.83. The van der Waals surface area contributed by atoms with Gasteiger partial charge >= 0.3 is 0 Å². The minimum Gasteiger partial charge on any atom is -0.466 e. The molecule has 0 spiro atoms. The highest BCUT2D eigenvalue weighted by atomic mass is 32.2. The van der Waals surface area contributed by atoms with E-state index in [1.165, 1.54) is 24.8 Å². The second kappa shape index (κ2) is 5.49. The summed E-state index contributed by atoms with van der Waals surface area (Å²) in [7, 11) is 0. The molecule has 1 aliphatic carbocycles. The van der Waals surface area contributed by atoms with Crippen LogP contribution in [0.15, 0.2) is 10.5 Å². The van der Waals surface area contributed by atoms with E-state index in [9.17, 15) is 0 Å². The Morgan fingerprint density at radius 2 is 2.18 bits per heavy atom. The first kappa shape index (κ1) is 13.0. The van der Waals surface area contributed by atoms with Crippen molar-refractivity contribution in [3.8, 4) is 0 Å². The maximum absolute atomic E-state index is 5.60. The van der Waals surface area contributed by atoms with Crippen molar-refractivity contribution in [3.05, 3.63) is 23.2 Å². The first-order valence-corrected chi connectivity index (χ1v) is 7.74. The first-order chi connectivity index (χ1) is 8.10. The van der Waals surface area contributed by atoms with Gasteiger partial charge in [0, 0.05) is 22.9 Å². The highest BCUT2D eigenvalue weighted by Gasteiger charge is 2.25. The monoisotopic (exact) mass is 253 g/mol. The maximum Gasteiger partial charge on any atom is 0.105 e. The Balaban J connectivity index is 1.93. The zero-order chi connectivity index (χ0) is 12.4. The minimum absolute atomic E-state index is 0.401. The van der Waals surface area contributed by atoms with Gasteiger partial charge in [-0.1, -0.05) is 0 Å². The van der Waals surface area contributed by atoms with E-state index in [1.54, 1.807) is 0 Å². The summed E-state index contributed by atoms with van der Waals surface area (Å²) in [4.78, 5) is 0. The summed E-state index contributed by atoms with van der Waals surface area (Å²) in [5.41, 5.74) is 1.31. The summed E-state index contributed by atoms with van der Waals surface area (Å²) in [5.74, 6) is 2.07. The minimum atomic E-state index is 0.401. The lowest BCUT2D eigenvalue weighted by molar-refractivity contribution is 0.449. The highest BCUT2D eigenvalue weighted by molar-refractivity contribution is 7.99. The van der Waals surface area contributed by atoms with Gasteiger partial charge in [0.2, 0.25) is 0 Å². The van der Waals surface area contributed by atoms with Gasteiger partial charge in [-0.15, -0.1) is 0 Å². The Morgan fingerprint density at radius 3 is 2.71 bits per heavy atom. The highest BCUT2D eigenvalue weighted by Crippen LogP contribution is 2.30. The van der Waals surface area contributed by atoms with Gasteiger partial charge in [-0.05, 0) is 52.4 Å². The van der Waals surface area contributed by atoms with Crippen LogP contribution in [0.3, 0.4) is 0 Å². The van der Waals surface area contributed by atoms with Crippen molar-refractivity contribution in [2.75, 3.05) is 6.26 Å². The van der Waals surface area contributed by atoms with Crippen molar-refractivity contribution in [1.82, 2.24) is 5.32 Å². The Labute approximate surface area is 109 Å². The molecule has 0 saturated heterocycles. The van der Waals surface area contributed by atoms with Crippen molar-refractivity contribution in [2.45, 2.75) is 57.4 Å². The van der Waals surface area contributed by atoms with Gasteiger partial charge in [-0.25, -0.2) is 0 Å². The van der Waals surface area contributed by atoms with Gasteiger partial charge in [0.05, 0.1) is 0 Å². The molecule has 1 N–H and O–H groups in total. The van der Waals surface area contributed by atoms with Crippen LogP contribution < -0.4 is 5.32 Å². The summed E-state index contributed by atoms with van der Waals surface area (Å²) >= 11 is 2.01. The SMILES string of the molecule is CSC1CCC(NC(C)c2cc(C)oc2C)C1. The lowest BCUT2D eigenvalue weighted by Crippen LogP contribution is -2.29. The molecule has 1 saturated carbocycles. The fourth-order valence-corrected chi connectivity index (χ4v) is 3.63. The van der Waals surface area contributed by atoms with Crippen LogP contribution in [0, 0.1) is 13.8 Å². The normalized spacial score (nSPS) is 26.4. The van der Waals surface area contributed by atoms with E-state index in [4.69, 9.17) is 4.42 Å². The maximum atomic E-state index is 5.60. The van der Waals surface area contributed by atoms with E-state index in [2.05, 4.69) is 31.5 Å². The zero-order valence-corrected chi connectivity index (χ0v) is 12.1. The fourth-order valence-electron chi connectivity index (χ4n) is 2.83. The molecular formula is C14H23NOS. The molecule has 1 fully saturated rings. The van der Waals surface area contributed by atoms with Gasteiger partial charge in [0.15, 0.2) is 0 Å². The molecule has 3 unspecified atom stereocenters. The van der Waals surface area contributed by atoms with Crippen LogP contribution in [0.25, 0.3) is 0 Å². The molecule has 1 aromatic rings. The third kappa shape index (κ3) is 3.08. The number of hydrogen-bond donors (Lipinski definition) is 1. The Kier molecular flexibility index (Phi) is 4.21. The molecule has 0 aliphatic heterocycles. The summed E-state index contributed by atoms with van der Waals surface area (Å²) < 4.78 is 5.60. The molecule has 17 heavy (non-hydrogen) atoms. The standard InChI is InChI=1S/C14H23NOS/c1-9-7-14(11(3)16-9)10(2)15-12-5-6-13(8-12)17-4/h7,10,12-13,15H,5-6,8H2,1-4H3. The van der Waals surface area contributed by atoms with Crippen LogP contribution >= 0.6 is 11.8 Å². The number of rotatable bonds is 4. The second-order valence-corrected chi connectivity index (χ2v) is 6.26. The number of thioether (sulfide) groups is 1. The lowest BCUT2D eigenvalue weighted by Gasteiger charge is -2.19.